The van der Waals surface area contributed by atoms with E-state index in [9.17, 15) is 0 Å². The molecule has 0 fully saturated rings. The first kappa shape index (κ1) is 12.5. The van der Waals surface area contributed by atoms with E-state index in [0.29, 0.717) is 6.04 Å². The second-order valence-electron chi connectivity index (χ2n) is 3.67. The summed E-state index contributed by atoms with van der Waals surface area (Å²) in [7, 11) is 1.73. The average molecular weight is 272 g/mol. The van der Waals surface area contributed by atoms with Gasteiger partial charge in [0.2, 0.25) is 0 Å². The molecule has 0 heterocycles. The molecule has 0 aliphatic carbocycles. The van der Waals surface area contributed by atoms with E-state index in [-0.39, 0.29) is 0 Å². The van der Waals surface area contributed by atoms with E-state index in [1.807, 2.05) is 0 Å². The van der Waals surface area contributed by atoms with Gasteiger partial charge >= 0.3 is 0 Å². The third kappa shape index (κ3) is 3.84. The van der Waals surface area contributed by atoms with Crippen molar-refractivity contribution < 1.29 is 4.74 Å². The molecule has 0 spiro atoms. The summed E-state index contributed by atoms with van der Waals surface area (Å²) in [5.41, 5.74) is 2.40. The topological polar surface area (TPSA) is 21.3 Å². The maximum absolute atomic E-state index is 5.15. The van der Waals surface area contributed by atoms with Crippen LogP contribution in [-0.2, 0) is 4.74 Å². The number of nitrogens with one attached hydrogen (secondary N) is 1. The number of aryl methyl sites for hydroxylation is 1. The molecule has 1 rings (SSSR count). The molecule has 15 heavy (non-hydrogen) atoms. The van der Waals surface area contributed by atoms with Gasteiger partial charge in [0.25, 0.3) is 0 Å². The van der Waals surface area contributed by atoms with Gasteiger partial charge in [0.1, 0.15) is 0 Å². The lowest BCUT2D eigenvalue weighted by molar-refractivity contribution is 0.184. The molecule has 84 valence electrons. The van der Waals surface area contributed by atoms with Gasteiger partial charge in [0, 0.05) is 23.3 Å². The van der Waals surface area contributed by atoms with Gasteiger partial charge < -0.3 is 10.1 Å². The standard InChI is InChI=1S/C12H18BrNO/c1-4-10(8-15-3)14-11-5-6-12(13)9(2)7-11/h5-7,10,14H,4,8H2,1-3H3. The highest BCUT2D eigenvalue weighted by Gasteiger charge is 2.05. The number of anilines is 1. The summed E-state index contributed by atoms with van der Waals surface area (Å²) in [6.45, 7) is 4.99. The Labute approximate surface area is 100 Å². The Kier molecular flexibility index (Phi) is 5.12. The van der Waals surface area contributed by atoms with Crippen LogP contribution in [0, 0.1) is 6.92 Å². The van der Waals surface area contributed by atoms with Crippen molar-refractivity contribution in [3.8, 4) is 0 Å². The number of hydrogen-bond donors (Lipinski definition) is 1. The van der Waals surface area contributed by atoms with E-state index < -0.39 is 0 Å². The Morgan fingerprint density at radius 1 is 1.47 bits per heavy atom. The van der Waals surface area contributed by atoms with E-state index in [4.69, 9.17) is 4.74 Å². The predicted molar refractivity (Wildman–Crippen MR) is 68.5 cm³/mol. The second-order valence-corrected chi connectivity index (χ2v) is 4.52. The number of methoxy groups -OCH3 is 1. The fourth-order valence-electron chi connectivity index (χ4n) is 1.43. The minimum Gasteiger partial charge on any atom is -0.383 e. The largest absolute Gasteiger partial charge is 0.383 e. The van der Waals surface area contributed by atoms with Crippen LogP contribution in [0.1, 0.15) is 18.9 Å². The smallest absolute Gasteiger partial charge is 0.0663 e. The van der Waals surface area contributed by atoms with Crippen molar-refractivity contribution >= 4 is 21.6 Å². The van der Waals surface area contributed by atoms with Gasteiger partial charge in [0.15, 0.2) is 0 Å². The molecule has 1 aromatic carbocycles. The Hall–Kier alpha value is -0.540. The first-order valence-corrected chi connectivity index (χ1v) is 5.98. The molecule has 3 heteroatoms. The average Bonchev–Trinajstić information content (AvgIpc) is 2.23. The molecule has 1 N–H and O–H groups in total. The number of halogens is 1. The molecule has 0 aromatic heterocycles. The number of hydrogen-bond acceptors (Lipinski definition) is 2. The van der Waals surface area contributed by atoms with Crippen molar-refractivity contribution in [2.45, 2.75) is 26.3 Å². The zero-order valence-corrected chi connectivity index (χ0v) is 11.1. The fraction of sp³-hybridized carbons (Fsp3) is 0.500. The van der Waals surface area contributed by atoms with Gasteiger partial charge in [-0.1, -0.05) is 22.9 Å². The zero-order chi connectivity index (χ0) is 11.3. The van der Waals surface area contributed by atoms with Crippen LogP contribution >= 0.6 is 15.9 Å². The highest BCUT2D eigenvalue weighted by Crippen LogP contribution is 2.20. The summed E-state index contributed by atoms with van der Waals surface area (Å²) in [5.74, 6) is 0. The van der Waals surface area contributed by atoms with Gasteiger partial charge in [-0.3, -0.25) is 0 Å². The van der Waals surface area contributed by atoms with Crippen molar-refractivity contribution in [2.75, 3.05) is 19.0 Å². The SMILES string of the molecule is CCC(COC)Nc1ccc(Br)c(C)c1. The summed E-state index contributed by atoms with van der Waals surface area (Å²) < 4.78 is 6.30. The Bertz CT molecular complexity index is 314. The maximum atomic E-state index is 5.15. The van der Waals surface area contributed by atoms with Gasteiger partial charge in [-0.05, 0) is 37.1 Å². The predicted octanol–water partition coefficient (Wildman–Crippen LogP) is 3.59. The van der Waals surface area contributed by atoms with Crippen molar-refractivity contribution in [1.82, 2.24) is 0 Å². The molecule has 0 amide bonds. The molecule has 1 unspecified atom stereocenters. The molecule has 0 aliphatic heterocycles. The van der Waals surface area contributed by atoms with Crippen molar-refractivity contribution in [2.24, 2.45) is 0 Å². The third-order valence-electron chi connectivity index (χ3n) is 2.39. The molecule has 0 bridgehead atoms. The van der Waals surface area contributed by atoms with Crippen molar-refractivity contribution in [1.29, 1.82) is 0 Å². The molecular formula is C12H18BrNO. The lowest BCUT2D eigenvalue weighted by Gasteiger charge is -2.17. The maximum Gasteiger partial charge on any atom is 0.0663 e. The molecule has 1 atom stereocenters. The number of rotatable bonds is 5. The number of benzene rings is 1. The molecule has 0 saturated carbocycles. The van der Waals surface area contributed by atoms with Crippen LogP contribution in [0.15, 0.2) is 22.7 Å². The molecule has 0 radical (unpaired) electrons. The van der Waals surface area contributed by atoms with Crippen molar-refractivity contribution in [3.05, 3.63) is 28.2 Å². The normalized spacial score (nSPS) is 12.5. The van der Waals surface area contributed by atoms with Crippen LogP contribution in [0.3, 0.4) is 0 Å². The Morgan fingerprint density at radius 3 is 2.73 bits per heavy atom. The highest BCUT2D eigenvalue weighted by atomic mass is 79.9. The van der Waals surface area contributed by atoms with Crippen LogP contribution < -0.4 is 5.32 Å². The van der Waals surface area contributed by atoms with Crippen LogP contribution in [0.5, 0.6) is 0 Å². The fourth-order valence-corrected chi connectivity index (χ4v) is 1.68. The Morgan fingerprint density at radius 2 is 2.20 bits per heavy atom. The van der Waals surface area contributed by atoms with Crippen LogP contribution in [-0.4, -0.2) is 19.8 Å². The van der Waals surface area contributed by atoms with E-state index in [1.165, 1.54) is 5.56 Å². The van der Waals surface area contributed by atoms with E-state index in [0.717, 1.165) is 23.2 Å². The molecule has 0 aliphatic rings. The summed E-state index contributed by atoms with van der Waals surface area (Å²) >= 11 is 3.49. The Balaban J connectivity index is 2.66. The van der Waals surface area contributed by atoms with Crippen LogP contribution in [0.2, 0.25) is 0 Å². The first-order valence-electron chi connectivity index (χ1n) is 5.19. The van der Waals surface area contributed by atoms with Crippen molar-refractivity contribution in [3.63, 3.8) is 0 Å². The number of ether oxygens (including phenoxy) is 1. The van der Waals surface area contributed by atoms with Crippen LogP contribution in [0.4, 0.5) is 5.69 Å². The van der Waals surface area contributed by atoms with Gasteiger partial charge in [0.05, 0.1) is 6.61 Å². The van der Waals surface area contributed by atoms with E-state index in [2.05, 4.69) is 53.3 Å². The highest BCUT2D eigenvalue weighted by molar-refractivity contribution is 9.10. The molecule has 0 saturated heterocycles. The van der Waals surface area contributed by atoms with Gasteiger partial charge in [-0.2, -0.15) is 0 Å². The third-order valence-corrected chi connectivity index (χ3v) is 3.28. The molecule has 1 aromatic rings. The monoisotopic (exact) mass is 271 g/mol. The summed E-state index contributed by atoms with van der Waals surface area (Å²) in [6, 6.07) is 6.67. The molecular weight excluding hydrogens is 254 g/mol. The van der Waals surface area contributed by atoms with Gasteiger partial charge in [-0.25, -0.2) is 0 Å². The van der Waals surface area contributed by atoms with Crippen LogP contribution in [0.25, 0.3) is 0 Å². The van der Waals surface area contributed by atoms with E-state index in [1.54, 1.807) is 7.11 Å². The lowest BCUT2D eigenvalue weighted by Crippen LogP contribution is -2.23. The minimum absolute atomic E-state index is 0.385. The summed E-state index contributed by atoms with van der Waals surface area (Å²) in [5, 5.41) is 3.45. The summed E-state index contributed by atoms with van der Waals surface area (Å²) in [4.78, 5) is 0. The lowest BCUT2D eigenvalue weighted by atomic mass is 10.2. The first-order chi connectivity index (χ1) is 7.17. The quantitative estimate of drug-likeness (QED) is 0.884. The molecule has 2 nitrogen and oxygen atoms in total. The summed E-state index contributed by atoms with van der Waals surface area (Å²) in [6.07, 6.45) is 1.06. The second kappa shape index (κ2) is 6.13. The van der Waals surface area contributed by atoms with E-state index >= 15 is 0 Å². The zero-order valence-electron chi connectivity index (χ0n) is 9.51. The van der Waals surface area contributed by atoms with Gasteiger partial charge in [-0.15, -0.1) is 0 Å². The minimum atomic E-state index is 0.385.